The zero-order valence-electron chi connectivity index (χ0n) is 12.6. The van der Waals surface area contributed by atoms with Crippen molar-refractivity contribution in [3.8, 4) is 5.75 Å². The maximum absolute atomic E-state index is 5.44. The van der Waals surface area contributed by atoms with Crippen LogP contribution in [0.1, 0.15) is 45.7 Å². The molecule has 0 radical (unpaired) electrons. The van der Waals surface area contributed by atoms with Gasteiger partial charge in [-0.15, -0.1) is 0 Å². The average Bonchev–Trinajstić information content (AvgIpc) is 2.27. The first-order chi connectivity index (χ1) is 8.34. The lowest BCUT2D eigenvalue weighted by molar-refractivity contribution is 0.408. The second kappa shape index (κ2) is 6.24. The van der Waals surface area contributed by atoms with Crippen molar-refractivity contribution in [1.82, 2.24) is 5.32 Å². The lowest BCUT2D eigenvalue weighted by Gasteiger charge is -2.21. The Morgan fingerprint density at radius 3 is 2.39 bits per heavy atom. The van der Waals surface area contributed by atoms with Gasteiger partial charge in [0.25, 0.3) is 0 Å². The zero-order valence-corrected chi connectivity index (χ0v) is 12.6. The predicted octanol–water partition coefficient (Wildman–Crippen LogP) is 3.53. The first-order valence-electron chi connectivity index (χ1n) is 6.75. The minimum Gasteiger partial charge on any atom is -0.496 e. The Labute approximate surface area is 112 Å². The molecule has 0 unspecified atom stereocenters. The summed E-state index contributed by atoms with van der Waals surface area (Å²) in [6.07, 6.45) is 1.01. The SMILES string of the molecule is COc1ccc(C(C)(C)C)cc1CCNC(C)C. The van der Waals surface area contributed by atoms with Crippen molar-refractivity contribution >= 4 is 0 Å². The summed E-state index contributed by atoms with van der Waals surface area (Å²) in [4.78, 5) is 0. The van der Waals surface area contributed by atoms with Crippen LogP contribution in [0.15, 0.2) is 18.2 Å². The highest BCUT2D eigenvalue weighted by molar-refractivity contribution is 5.39. The van der Waals surface area contributed by atoms with Crippen molar-refractivity contribution in [3.63, 3.8) is 0 Å². The van der Waals surface area contributed by atoms with Gasteiger partial charge in [0.05, 0.1) is 7.11 Å². The molecule has 0 aliphatic rings. The molecule has 2 heteroatoms. The third-order valence-electron chi connectivity index (χ3n) is 3.09. The van der Waals surface area contributed by atoms with Crippen molar-refractivity contribution < 1.29 is 4.74 Å². The summed E-state index contributed by atoms with van der Waals surface area (Å²) in [6.45, 7) is 12.0. The molecule has 1 rings (SSSR count). The maximum atomic E-state index is 5.44. The Morgan fingerprint density at radius 2 is 1.89 bits per heavy atom. The number of nitrogens with one attached hydrogen (secondary N) is 1. The van der Waals surface area contributed by atoms with E-state index in [4.69, 9.17) is 4.74 Å². The molecule has 1 N–H and O–H groups in total. The van der Waals surface area contributed by atoms with Crippen molar-refractivity contribution in [2.24, 2.45) is 0 Å². The van der Waals surface area contributed by atoms with Crippen LogP contribution >= 0.6 is 0 Å². The van der Waals surface area contributed by atoms with Gasteiger partial charge in [0.2, 0.25) is 0 Å². The largest absolute Gasteiger partial charge is 0.496 e. The number of hydrogen-bond donors (Lipinski definition) is 1. The maximum Gasteiger partial charge on any atom is 0.122 e. The van der Waals surface area contributed by atoms with Crippen LogP contribution in [0.3, 0.4) is 0 Å². The van der Waals surface area contributed by atoms with Gasteiger partial charge in [-0.1, -0.05) is 46.8 Å². The highest BCUT2D eigenvalue weighted by atomic mass is 16.5. The van der Waals surface area contributed by atoms with Crippen LogP contribution in [0.5, 0.6) is 5.75 Å². The van der Waals surface area contributed by atoms with Crippen LogP contribution in [0.2, 0.25) is 0 Å². The summed E-state index contributed by atoms with van der Waals surface area (Å²) in [7, 11) is 1.74. The van der Waals surface area contributed by atoms with Gasteiger partial charge in [0.1, 0.15) is 5.75 Å². The summed E-state index contributed by atoms with van der Waals surface area (Å²) in [6, 6.07) is 7.06. The molecule has 0 atom stereocenters. The van der Waals surface area contributed by atoms with E-state index in [0.29, 0.717) is 6.04 Å². The Kier molecular flexibility index (Phi) is 5.21. The standard InChI is InChI=1S/C16H27NO/c1-12(2)17-10-9-13-11-14(16(3,4)5)7-8-15(13)18-6/h7-8,11-12,17H,9-10H2,1-6H3. The molecule has 0 heterocycles. The van der Waals surface area contributed by atoms with E-state index >= 15 is 0 Å². The van der Waals surface area contributed by atoms with E-state index in [-0.39, 0.29) is 5.41 Å². The summed E-state index contributed by atoms with van der Waals surface area (Å²) < 4.78 is 5.44. The van der Waals surface area contributed by atoms with Crippen molar-refractivity contribution in [3.05, 3.63) is 29.3 Å². The Bertz CT molecular complexity index is 377. The normalized spacial score (nSPS) is 11.9. The van der Waals surface area contributed by atoms with Crippen LogP contribution in [-0.4, -0.2) is 19.7 Å². The van der Waals surface area contributed by atoms with Gasteiger partial charge in [-0.05, 0) is 35.6 Å². The molecule has 0 amide bonds. The molecule has 0 spiro atoms. The molecule has 0 aliphatic heterocycles. The van der Waals surface area contributed by atoms with E-state index in [0.717, 1.165) is 18.7 Å². The smallest absolute Gasteiger partial charge is 0.122 e. The molecule has 0 aromatic heterocycles. The minimum atomic E-state index is 0.187. The van der Waals surface area contributed by atoms with Crippen LogP contribution < -0.4 is 10.1 Å². The van der Waals surface area contributed by atoms with E-state index in [9.17, 15) is 0 Å². The number of ether oxygens (including phenoxy) is 1. The van der Waals surface area contributed by atoms with Gasteiger partial charge in [-0.25, -0.2) is 0 Å². The van der Waals surface area contributed by atoms with Crippen LogP contribution in [-0.2, 0) is 11.8 Å². The summed E-state index contributed by atoms with van der Waals surface area (Å²) in [5.74, 6) is 0.994. The van der Waals surface area contributed by atoms with Gasteiger partial charge >= 0.3 is 0 Å². The molecule has 2 nitrogen and oxygen atoms in total. The van der Waals surface area contributed by atoms with Crippen molar-refractivity contribution in [1.29, 1.82) is 0 Å². The summed E-state index contributed by atoms with van der Waals surface area (Å²) >= 11 is 0. The number of methoxy groups -OCH3 is 1. The van der Waals surface area contributed by atoms with Crippen molar-refractivity contribution in [2.75, 3.05) is 13.7 Å². The molecule has 0 fully saturated rings. The number of rotatable bonds is 5. The van der Waals surface area contributed by atoms with Gasteiger partial charge in [-0.2, -0.15) is 0 Å². The van der Waals surface area contributed by atoms with Gasteiger partial charge in [0.15, 0.2) is 0 Å². The van der Waals surface area contributed by atoms with Gasteiger partial charge in [0, 0.05) is 6.04 Å². The summed E-state index contributed by atoms with van der Waals surface area (Å²) in [5.41, 5.74) is 2.84. The van der Waals surface area contributed by atoms with E-state index < -0.39 is 0 Å². The monoisotopic (exact) mass is 249 g/mol. The predicted molar refractivity (Wildman–Crippen MR) is 78.5 cm³/mol. The highest BCUT2D eigenvalue weighted by Gasteiger charge is 2.15. The lowest BCUT2D eigenvalue weighted by Crippen LogP contribution is -2.25. The first-order valence-corrected chi connectivity index (χ1v) is 6.75. The van der Waals surface area contributed by atoms with Gasteiger partial charge < -0.3 is 10.1 Å². The molecule has 0 bridgehead atoms. The molecule has 0 aliphatic carbocycles. The Morgan fingerprint density at radius 1 is 1.22 bits per heavy atom. The first kappa shape index (κ1) is 15.0. The molecule has 0 saturated heterocycles. The third-order valence-corrected chi connectivity index (χ3v) is 3.09. The van der Waals surface area contributed by atoms with Crippen LogP contribution in [0, 0.1) is 0 Å². The molecule has 18 heavy (non-hydrogen) atoms. The van der Waals surface area contributed by atoms with E-state index in [1.807, 2.05) is 0 Å². The van der Waals surface area contributed by atoms with Crippen LogP contribution in [0.25, 0.3) is 0 Å². The van der Waals surface area contributed by atoms with Crippen LogP contribution in [0.4, 0.5) is 0 Å². The number of benzene rings is 1. The van der Waals surface area contributed by atoms with E-state index in [2.05, 4.69) is 58.1 Å². The topological polar surface area (TPSA) is 21.3 Å². The van der Waals surface area contributed by atoms with Crippen molar-refractivity contribution in [2.45, 2.75) is 52.5 Å². The fourth-order valence-electron chi connectivity index (χ4n) is 1.94. The Hall–Kier alpha value is -1.02. The second-order valence-electron chi connectivity index (χ2n) is 6.14. The Balaban J connectivity index is 2.86. The zero-order chi connectivity index (χ0) is 13.8. The van der Waals surface area contributed by atoms with E-state index in [1.54, 1.807) is 7.11 Å². The minimum absolute atomic E-state index is 0.187. The molecule has 1 aromatic rings. The molecule has 1 aromatic carbocycles. The molecule has 0 saturated carbocycles. The summed E-state index contributed by atoms with van der Waals surface area (Å²) in [5, 5.41) is 3.45. The average molecular weight is 249 g/mol. The second-order valence-corrected chi connectivity index (χ2v) is 6.14. The highest BCUT2D eigenvalue weighted by Crippen LogP contribution is 2.28. The molecular formula is C16H27NO. The lowest BCUT2D eigenvalue weighted by atomic mass is 9.85. The molecule has 102 valence electrons. The fourth-order valence-corrected chi connectivity index (χ4v) is 1.94. The quantitative estimate of drug-likeness (QED) is 0.862. The number of hydrogen-bond acceptors (Lipinski definition) is 2. The molecular weight excluding hydrogens is 222 g/mol. The third kappa shape index (κ3) is 4.34. The van der Waals surface area contributed by atoms with E-state index in [1.165, 1.54) is 11.1 Å². The van der Waals surface area contributed by atoms with Gasteiger partial charge in [-0.3, -0.25) is 0 Å². The fraction of sp³-hybridized carbons (Fsp3) is 0.625.